The van der Waals surface area contributed by atoms with Crippen molar-refractivity contribution in [3.8, 4) is 0 Å². The predicted octanol–water partition coefficient (Wildman–Crippen LogP) is -1.99. The lowest BCUT2D eigenvalue weighted by Gasteiger charge is -2.20. The van der Waals surface area contributed by atoms with Crippen LogP contribution in [0, 0.1) is 0 Å². The molecule has 1 aromatic carbocycles. The first-order chi connectivity index (χ1) is 9.17. The van der Waals surface area contributed by atoms with Crippen LogP contribution in [0.1, 0.15) is 25.8 Å². The fourth-order valence-electron chi connectivity index (χ4n) is 2.14. The van der Waals surface area contributed by atoms with Crippen LogP contribution >= 0.6 is 0 Å². The summed E-state index contributed by atoms with van der Waals surface area (Å²) >= 11 is 0. The monoisotopic (exact) mass is 298 g/mol. The van der Waals surface area contributed by atoms with E-state index in [0.717, 1.165) is 32.5 Å². The number of benzene rings is 1. The van der Waals surface area contributed by atoms with Crippen LogP contribution in [-0.2, 0) is 11.2 Å². The van der Waals surface area contributed by atoms with Gasteiger partial charge in [-0.2, -0.15) is 0 Å². The Hall–Kier alpha value is -1.06. The van der Waals surface area contributed by atoms with Gasteiger partial charge >= 0.3 is 0 Å². The smallest absolute Gasteiger partial charge is 0.277 e. The van der Waals surface area contributed by atoms with E-state index in [2.05, 4.69) is 38.1 Å². The summed E-state index contributed by atoms with van der Waals surface area (Å²) in [6.07, 6.45) is 2.07. The minimum Gasteiger partial charge on any atom is -1.00 e. The SMILES string of the molecule is CC[NH+](CC)CC(=O)N(C)CCCc1ccccc1.[Cl-]. The van der Waals surface area contributed by atoms with E-state index < -0.39 is 0 Å². The molecule has 0 fully saturated rings. The Morgan fingerprint density at radius 3 is 2.30 bits per heavy atom. The van der Waals surface area contributed by atoms with Gasteiger partial charge in [-0.05, 0) is 32.3 Å². The minimum absolute atomic E-state index is 0. The Morgan fingerprint density at radius 1 is 1.15 bits per heavy atom. The molecule has 1 aromatic rings. The molecule has 1 rings (SSSR count). The zero-order valence-corrected chi connectivity index (χ0v) is 13.6. The molecule has 0 saturated carbocycles. The summed E-state index contributed by atoms with van der Waals surface area (Å²) in [6.45, 7) is 7.74. The normalized spacial score (nSPS) is 10.2. The third kappa shape index (κ3) is 6.92. The van der Waals surface area contributed by atoms with Crippen LogP contribution in [0.2, 0.25) is 0 Å². The van der Waals surface area contributed by atoms with E-state index in [0.29, 0.717) is 6.54 Å². The number of nitrogens with zero attached hydrogens (tertiary/aromatic N) is 1. The molecule has 0 aromatic heterocycles. The summed E-state index contributed by atoms with van der Waals surface area (Å²) in [6, 6.07) is 10.4. The van der Waals surface area contributed by atoms with Crippen LogP contribution in [0.15, 0.2) is 30.3 Å². The van der Waals surface area contributed by atoms with Gasteiger partial charge < -0.3 is 22.2 Å². The second kappa shape index (κ2) is 10.7. The van der Waals surface area contributed by atoms with Gasteiger partial charge in [-0.15, -0.1) is 0 Å². The number of hydrogen-bond acceptors (Lipinski definition) is 1. The fraction of sp³-hybridized carbons (Fsp3) is 0.562. The van der Waals surface area contributed by atoms with Gasteiger partial charge in [0.15, 0.2) is 6.54 Å². The second-order valence-electron chi connectivity index (χ2n) is 5.04. The number of halogens is 1. The van der Waals surface area contributed by atoms with Crippen molar-refractivity contribution in [1.82, 2.24) is 4.90 Å². The van der Waals surface area contributed by atoms with Gasteiger partial charge in [0.2, 0.25) is 0 Å². The Balaban J connectivity index is 0.00000361. The first-order valence-corrected chi connectivity index (χ1v) is 7.28. The average Bonchev–Trinajstić information content (AvgIpc) is 2.45. The summed E-state index contributed by atoms with van der Waals surface area (Å²) in [5.41, 5.74) is 1.35. The van der Waals surface area contributed by atoms with Crippen LogP contribution < -0.4 is 17.3 Å². The summed E-state index contributed by atoms with van der Waals surface area (Å²) in [5, 5.41) is 0. The highest BCUT2D eigenvalue weighted by Gasteiger charge is 2.14. The molecule has 0 aliphatic carbocycles. The lowest BCUT2D eigenvalue weighted by atomic mass is 10.1. The third-order valence-corrected chi connectivity index (χ3v) is 3.63. The van der Waals surface area contributed by atoms with Crippen LogP contribution in [0.4, 0.5) is 0 Å². The van der Waals surface area contributed by atoms with Gasteiger partial charge in [-0.25, -0.2) is 0 Å². The highest BCUT2D eigenvalue weighted by atomic mass is 35.5. The molecule has 0 aliphatic heterocycles. The van der Waals surface area contributed by atoms with Crippen molar-refractivity contribution in [3.05, 3.63) is 35.9 Å². The van der Waals surface area contributed by atoms with Crippen LogP contribution in [0.5, 0.6) is 0 Å². The molecule has 0 atom stereocenters. The summed E-state index contributed by atoms with van der Waals surface area (Å²) in [7, 11) is 1.91. The Bertz CT molecular complexity index is 366. The number of quaternary nitrogens is 1. The number of likely N-dealkylation sites (N-methyl/N-ethyl adjacent to an activating group) is 2. The Labute approximate surface area is 129 Å². The van der Waals surface area contributed by atoms with E-state index in [1.165, 1.54) is 10.5 Å². The lowest BCUT2D eigenvalue weighted by Crippen LogP contribution is -3.12. The third-order valence-electron chi connectivity index (χ3n) is 3.63. The molecule has 1 amide bonds. The first-order valence-electron chi connectivity index (χ1n) is 7.28. The molecule has 20 heavy (non-hydrogen) atoms. The van der Waals surface area contributed by atoms with Crippen LogP contribution in [-0.4, -0.2) is 44.0 Å². The standard InChI is InChI=1S/C16H26N2O.ClH/c1-4-18(5-2)14-16(19)17(3)13-9-12-15-10-7-6-8-11-15;/h6-8,10-11H,4-5,9,12-14H2,1-3H3;1H. The summed E-state index contributed by atoms with van der Waals surface area (Å²) in [4.78, 5) is 15.2. The van der Waals surface area contributed by atoms with Gasteiger partial charge in [0.1, 0.15) is 0 Å². The van der Waals surface area contributed by atoms with Gasteiger partial charge in [-0.1, -0.05) is 30.3 Å². The van der Waals surface area contributed by atoms with Crippen molar-refractivity contribution in [1.29, 1.82) is 0 Å². The summed E-state index contributed by atoms with van der Waals surface area (Å²) < 4.78 is 0. The van der Waals surface area contributed by atoms with E-state index in [-0.39, 0.29) is 18.3 Å². The van der Waals surface area contributed by atoms with E-state index in [1.807, 2.05) is 18.0 Å². The maximum Gasteiger partial charge on any atom is 0.277 e. The number of amides is 1. The van der Waals surface area contributed by atoms with E-state index in [4.69, 9.17) is 0 Å². The quantitative estimate of drug-likeness (QED) is 0.590. The number of aryl methyl sites for hydroxylation is 1. The van der Waals surface area contributed by atoms with Gasteiger partial charge in [-0.3, -0.25) is 4.79 Å². The van der Waals surface area contributed by atoms with Crippen molar-refractivity contribution in [2.75, 3.05) is 33.2 Å². The highest BCUT2D eigenvalue weighted by molar-refractivity contribution is 5.76. The van der Waals surface area contributed by atoms with E-state index in [9.17, 15) is 4.79 Å². The van der Waals surface area contributed by atoms with Crippen molar-refractivity contribution in [2.45, 2.75) is 26.7 Å². The molecule has 0 saturated heterocycles. The second-order valence-corrected chi connectivity index (χ2v) is 5.04. The fourth-order valence-corrected chi connectivity index (χ4v) is 2.14. The van der Waals surface area contributed by atoms with E-state index in [1.54, 1.807) is 0 Å². The van der Waals surface area contributed by atoms with Crippen molar-refractivity contribution < 1.29 is 22.1 Å². The zero-order chi connectivity index (χ0) is 14.1. The predicted molar refractivity (Wildman–Crippen MR) is 79.3 cm³/mol. The van der Waals surface area contributed by atoms with Gasteiger partial charge in [0, 0.05) is 13.6 Å². The summed E-state index contributed by atoms with van der Waals surface area (Å²) in [5.74, 6) is 0.256. The van der Waals surface area contributed by atoms with Crippen LogP contribution in [0.25, 0.3) is 0 Å². The zero-order valence-electron chi connectivity index (χ0n) is 12.9. The molecule has 0 spiro atoms. The molecular formula is C16H27ClN2O. The topological polar surface area (TPSA) is 24.8 Å². The molecule has 114 valence electrons. The molecule has 0 bridgehead atoms. The average molecular weight is 299 g/mol. The number of hydrogen-bond donors (Lipinski definition) is 1. The van der Waals surface area contributed by atoms with Crippen molar-refractivity contribution >= 4 is 5.91 Å². The molecular weight excluding hydrogens is 272 g/mol. The lowest BCUT2D eigenvalue weighted by molar-refractivity contribution is -0.888. The molecule has 0 heterocycles. The largest absolute Gasteiger partial charge is 1.00 e. The van der Waals surface area contributed by atoms with Gasteiger partial charge in [0.05, 0.1) is 13.1 Å². The maximum absolute atomic E-state index is 12.0. The Morgan fingerprint density at radius 2 is 1.75 bits per heavy atom. The molecule has 4 heteroatoms. The molecule has 0 radical (unpaired) electrons. The maximum atomic E-state index is 12.0. The minimum atomic E-state index is 0. The molecule has 0 aliphatic rings. The molecule has 3 nitrogen and oxygen atoms in total. The first kappa shape index (κ1) is 18.9. The number of carbonyl (C=O) groups excluding carboxylic acids is 1. The molecule has 0 unspecified atom stereocenters. The molecule has 1 N–H and O–H groups in total. The Kier molecular flexibility index (Phi) is 10.1. The van der Waals surface area contributed by atoms with E-state index >= 15 is 0 Å². The number of carbonyl (C=O) groups is 1. The number of nitrogens with one attached hydrogen (secondary N) is 1. The highest BCUT2D eigenvalue weighted by Crippen LogP contribution is 2.02. The van der Waals surface area contributed by atoms with Crippen molar-refractivity contribution in [2.24, 2.45) is 0 Å². The van der Waals surface area contributed by atoms with Crippen molar-refractivity contribution in [3.63, 3.8) is 0 Å². The van der Waals surface area contributed by atoms with Gasteiger partial charge in [0.25, 0.3) is 5.91 Å². The van der Waals surface area contributed by atoms with Crippen LogP contribution in [0.3, 0.4) is 0 Å². The number of rotatable bonds is 8.